The van der Waals surface area contributed by atoms with E-state index < -0.39 is 0 Å². The molecule has 1 atom stereocenters. The average molecular weight is 282 g/mol. The summed E-state index contributed by atoms with van der Waals surface area (Å²) in [6.45, 7) is 7.13. The zero-order chi connectivity index (χ0) is 14.4. The summed E-state index contributed by atoms with van der Waals surface area (Å²) in [6.07, 6.45) is 7.77. The van der Waals surface area contributed by atoms with Gasteiger partial charge in [0.2, 0.25) is 5.91 Å². The predicted molar refractivity (Wildman–Crippen MR) is 80.7 cm³/mol. The number of nitrogens with zero attached hydrogens (tertiary/aromatic N) is 1. The van der Waals surface area contributed by atoms with E-state index in [1.54, 1.807) is 0 Å². The van der Waals surface area contributed by atoms with E-state index in [2.05, 4.69) is 12.2 Å². The second-order valence-corrected chi connectivity index (χ2v) is 6.33. The third-order valence-corrected chi connectivity index (χ3v) is 4.72. The lowest BCUT2D eigenvalue weighted by Gasteiger charge is -2.34. The van der Waals surface area contributed by atoms with Crippen molar-refractivity contribution in [1.82, 2.24) is 10.2 Å². The van der Waals surface area contributed by atoms with Crippen LogP contribution in [-0.4, -0.2) is 49.2 Å². The summed E-state index contributed by atoms with van der Waals surface area (Å²) < 4.78 is 5.30. The Morgan fingerprint density at radius 3 is 2.50 bits per heavy atom. The van der Waals surface area contributed by atoms with Crippen LogP contribution in [-0.2, 0) is 9.53 Å². The van der Waals surface area contributed by atoms with Crippen LogP contribution in [0.5, 0.6) is 0 Å². The number of morpholine rings is 1. The molecule has 116 valence electrons. The van der Waals surface area contributed by atoms with Crippen LogP contribution in [0.1, 0.15) is 52.4 Å². The quantitative estimate of drug-likeness (QED) is 0.840. The molecule has 0 radical (unpaired) electrons. The van der Waals surface area contributed by atoms with Crippen molar-refractivity contribution < 1.29 is 9.53 Å². The molecule has 1 aliphatic heterocycles. The fraction of sp³-hybridized carbons (Fsp3) is 0.938. The molecule has 2 rings (SSSR count). The zero-order valence-electron chi connectivity index (χ0n) is 13.1. The molecule has 0 spiro atoms. The number of ether oxygens (including phenoxy) is 1. The van der Waals surface area contributed by atoms with Crippen molar-refractivity contribution in [2.45, 2.75) is 64.5 Å². The van der Waals surface area contributed by atoms with E-state index >= 15 is 0 Å². The molecule has 2 fully saturated rings. The summed E-state index contributed by atoms with van der Waals surface area (Å²) >= 11 is 0. The number of nitrogens with one attached hydrogen (secondary N) is 1. The third kappa shape index (κ3) is 4.45. The minimum atomic E-state index is -0.0548. The van der Waals surface area contributed by atoms with Gasteiger partial charge in [-0.2, -0.15) is 0 Å². The molecule has 4 heteroatoms. The monoisotopic (exact) mass is 282 g/mol. The fourth-order valence-corrected chi connectivity index (χ4v) is 3.51. The van der Waals surface area contributed by atoms with Crippen LogP contribution in [0.25, 0.3) is 0 Å². The van der Waals surface area contributed by atoms with Crippen LogP contribution in [0, 0.1) is 5.92 Å². The second kappa shape index (κ2) is 7.99. The lowest BCUT2D eigenvalue weighted by Crippen LogP contribution is -2.51. The summed E-state index contributed by atoms with van der Waals surface area (Å²) in [5.74, 6) is 1.16. The van der Waals surface area contributed by atoms with E-state index in [1.165, 1.54) is 38.5 Å². The molecule has 1 N–H and O–H groups in total. The average Bonchev–Trinajstić information content (AvgIpc) is 2.49. The van der Waals surface area contributed by atoms with Crippen LogP contribution in [0.2, 0.25) is 0 Å². The molecule has 0 bridgehead atoms. The number of hydrogen-bond donors (Lipinski definition) is 1. The van der Waals surface area contributed by atoms with Gasteiger partial charge in [0, 0.05) is 19.1 Å². The highest BCUT2D eigenvalue weighted by molar-refractivity contribution is 5.81. The molecule has 1 unspecified atom stereocenters. The molecule has 0 aromatic carbocycles. The normalized spacial score (nSPS) is 29.2. The maximum absolute atomic E-state index is 12.3. The van der Waals surface area contributed by atoms with Crippen molar-refractivity contribution in [2.24, 2.45) is 5.92 Å². The van der Waals surface area contributed by atoms with Gasteiger partial charge >= 0.3 is 0 Å². The predicted octanol–water partition coefficient (Wildman–Crippen LogP) is 2.18. The molecular formula is C16H30N2O2. The Morgan fingerprint density at radius 2 is 1.90 bits per heavy atom. The van der Waals surface area contributed by atoms with Crippen LogP contribution < -0.4 is 5.32 Å². The molecular weight excluding hydrogens is 252 g/mol. The molecule has 2 aliphatic rings. The minimum Gasteiger partial charge on any atom is -0.378 e. The highest BCUT2D eigenvalue weighted by Gasteiger charge is 2.26. The molecule has 1 amide bonds. The maximum Gasteiger partial charge on any atom is 0.239 e. The second-order valence-electron chi connectivity index (χ2n) is 6.33. The van der Waals surface area contributed by atoms with E-state index in [1.807, 2.05) is 11.8 Å². The van der Waals surface area contributed by atoms with Crippen molar-refractivity contribution in [3.8, 4) is 0 Å². The SMILES string of the molecule is CCCC1CCC(NC(C)C(=O)N2CCOCC2)CC1. The highest BCUT2D eigenvalue weighted by atomic mass is 16.5. The Morgan fingerprint density at radius 1 is 1.25 bits per heavy atom. The van der Waals surface area contributed by atoms with Gasteiger partial charge in [-0.05, 0) is 38.5 Å². The number of carbonyl (C=O) groups excluding carboxylic acids is 1. The van der Waals surface area contributed by atoms with Gasteiger partial charge in [0.25, 0.3) is 0 Å². The first-order chi connectivity index (χ1) is 9.70. The molecule has 20 heavy (non-hydrogen) atoms. The summed E-state index contributed by atoms with van der Waals surface area (Å²) in [6, 6.07) is 0.476. The standard InChI is InChI=1S/C16H30N2O2/c1-3-4-14-5-7-15(8-6-14)17-13(2)16(19)18-9-11-20-12-10-18/h13-15,17H,3-12H2,1-2H3. The van der Waals surface area contributed by atoms with Gasteiger partial charge < -0.3 is 15.0 Å². The fourth-order valence-electron chi connectivity index (χ4n) is 3.51. The van der Waals surface area contributed by atoms with Crippen molar-refractivity contribution in [3.05, 3.63) is 0 Å². The van der Waals surface area contributed by atoms with Crippen LogP contribution in [0.3, 0.4) is 0 Å². The molecule has 1 saturated heterocycles. The van der Waals surface area contributed by atoms with E-state index in [0.29, 0.717) is 19.3 Å². The smallest absolute Gasteiger partial charge is 0.239 e. The first kappa shape index (κ1) is 15.8. The summed E-state index contributed by atoms with van der Waals surface area (Å²) in [7, 11) is 0. The number of amides is 1. The van der Waals surface area contributed by atoms with E-state index in [9.17, 15) is 4.79 Å². The summed E-state index contributed by atoms with van der Waals surface area (Å²) in [5.41, 5.74) is 0. The van der Waals surface area contributed by atoms with Crippen molar-refractivity contribution in [3.63, 3.8) is 0 Å². The number of carbonyl (C=O) groups is 1. The topological polar surface area (TPSA) is 41.6 Å². The molecule has 0 aromatic rings. The summed E-state index contributed by atoms with van der Waals surface area (Å²) in [5, 5.41) is 3.55. The molecule has 0 aromatic heterocycles. The minimum absolute atomic E-state index is 0.0548. The Hall–Kier alpha value is -0.610. The van der Waals surface area contributed by atoms with Gasteiger partial charge in [-0.3, -0.25) is 4.79 Å². The van der Waals surface area contributed by atoms with Gasteiger partial charge in [0.05, 0.1) is 19.3 Å². The Labute approximate surface area is 123 Å². The van der Waals surface area contributed by atoms with Crippen molar-refractivity contribution in [2.75, 3.05) is 26.3 Å². The largest absolute Gasteiger partial charge is 0.378 e. The van der Waals surface area contributed by atoms with Gasteiger partial charge in [-0.25, -0.2) is 0 Å². The lowest BCUT2D eigenvalue weighted by molar-refractivity contribution is -0.137. The van der Waals surface area contributed by atoms with Gasteiger partial charge in [-0.1, -0.05) is 19.8 Å². The van der Waals surface area contributed by atoms with E-state index in [4.69, 9.17) is 4.74 Å². The van der Waals surface area contributed by atoms with Gasteiger partial charge in [-0.15, -0.1) is 0 Å². The summed E-state index contributed by atoms with van der Waals surface area (Å²) in [4.78, 5) is 14.3. The molecule has 1 heterocycles. The number of hydrogen-bond acceptors (Lipinski definition) is 3. The van der Waals surface area contributed by atoms with Crippen molar-refractivity contribution >= 4 is 5.91 Å². The Bertz CT molecular complexity index is 295. The van der Waals surface area contributed by atoms with Gasteiger partial charge in [0.15, 0.2) is 0 Å². The molecule has 1 aliphatic carbocycles. The Kier molecular flexibility index (Phi) is 6.30. The van der Waals surface area contributed by atoms with Crippen molar-refractivity contribution in [1.29, 1.82) is 0 Å². The van der Waals surface area contributed by atoms with E-state index in [-0.39, 0.29) is 11.9 Å². The third-order valence-electron chi connectivity index (χ3n) is 4.72. The van der Waals surface area contributed by atoms with E-state index in [0.717, 1.165) is 19.0 Å². The van der Waals surface area contributed by atoms with Crippen LogP contribution in [0.4, 0.5) is 0 Å². The first-order valence-corrected chi connectivity index (χ1v) is 8.33. The van der Waals surface area contributed by atoms with Gasteiger partial charge in [0.1, 0.15) is 0 Å². The maximum atomic E-state index is 12.3. The molecule has 1 saturated carbocycles. The number of rotatable bonds is 5. The zero-order valence-corrected chi connectivity index (χ0v) is 13.1. The van der Waals surface area contributed by atoms with Crippen LogP contribution >= 0.6 is 0 Å². The highest BCUT2D eigenvalue weighted by Crippen LogP contribution is 2.27. The Balaban J connectivity index is 1.71. The first-order valence-electron chi connectivity index (χ1n) is 8.33. The lowest BCUT2D eigenvalue weighted by atomic mass is 9.83. The van der Waals surface area contributed by atoms with Crippen LogP contribution in [0.15, 0.2) is 0 Å². The molecule has 4 nitrogen and oxygen atoms in total.